The summed E-state index contributed by atoms with van der Waals surface area (Å²) >= 11 is 0. The van der Waals surface area contributed by atoms with Gasteiger partial charge in [0.25, 0.3) is 0 Å². The van der Waals surface area contributed by atoms with Crippen LogP contribution in [0.25, 0.3) is 5.32 Å². The maximum Gasteiger partial charge on any atom is 0.0207 e. The first-order valence-corrected chi connectivity index (χ1v) is 4.86. The second-order valence-corrected chi connectivity index (χ2v) is 3.48. The van der Waals surface area contributed by atoms with Gasteiger partial charge in [-0.3, -0.25) is 0 Å². The average Bonchev–Trinajstić information content (AvgIpc) is 2.69. The molecule has 0 unspecified atom stereocenters. The number of benzene rings is 1. The Hall–Kier alpha value is 0.244. The van der Waals surface area contributed by atoms with E-state index >= 15 is 0 Å². The molecule has 0 saturated carbocycles. The molecule has 2 rings (SSSR count). The molecule has 1 aliphatic rings. The first-order valence-electron chi connectivity index (χ1n) is 4.86. The molecule has 0 aromatic heterocycles. The van der Waals surface area contributed by atoms with E-state index in [1.165, 1.54) is 12.0 Å². The molecule has 2 nitrogen and oxygen atoms in total. The molecule has 0 aliphatic carbocycles. The zero-order valence-corrected chi connectivity index (χ0v) is 11.2. The summed E-state index contributed by atoms with van der Waals surface area (Å²) in [6.07, 6.45) is 1.20. The molecule has 1 radical (unpaired) electrons. The number of nitrogens with one attached hydrogen (secondary N) is 1. The van der Waals surface area contributed by atoms with E-state index in [1.54, 1.807) is 0 Å². The van der Waals surface area contributed by atoms with Gasteiger partial charge < -0.3 is 10.6 Å². The van der Waals surface area contributed by atoms with Crippen LogP contribution in [0.2, 0.25) is 0 Å². The minimum atomic E-state index is 0. The third-order valence-corrected chi connectivity index (χ3v) is 2.42. The van der Waals surface area contributed by atoms with Gasteiger partial charge in [0.15, 0.2) is 0 Å². The third kappa shape index (κ3) is 3.78. The summed E-state index contributed by atoms with van der Waals surface area (Å²) in [5, 5.41) is 7.82. The van der Waals surface area contributed by atoms with Crippen LogP contribution in [0.5, 0.6) is 0 Å². The van der Waals surface area contributed by atoms with Crippen molar-refractivity contribution in [1.82, 2.24) is 5.32 Å². The smallest absolute Gasteiger partial charge is 0.0207 e. The summed E-state index contributed by atoms with van der Waals surface area (Å²) in [6.45, 7) is 3.00. The van der Waals surface area contributed by atoms with Crippen LogP contribution in [0.4, 0.5) is 0 Å². The zero-order valence-electron chi connectivity index (χ0n) is 8.32. The Bertz CT molecular complexity index is 245. The van der Waals surface area contributed by atoms with E-state index < -0.39 is 0 Å². The molecule has 1 fully saturated rings. The van der Waals surface area contributed by atoms with Crippen LogP contribution in [0.15, 0.2) is 30.3 Å². The SMILES string of the molecule is [Y].c1ccc(CN[C@H]2CC[N-]C2)cc1. The Balaban J connectivity index is 0.000000980. The first kappa shape index (κ1) is 12.3. The fraction of sp³-hybridized carbons (Fsp3) is 0.455. The van der Waals surface area contributed by atoms with Crippen LogP contribution >= 0.6 is 0 Å². The predicted molar refractivity (Wildman–Crippen MR) is 54.8 cm³/mol. The first-order chi connectivity index (χ1) is 6.45. The van der Waals surface area contributed by atoms with Crippen LogP contribution in [-0.2, 0) is 39.3 Å². The molecular weight excluding hydrogens is 249 g/mol. The van der Waals surface area contributed by atoms with E-state index in [0.717, 1.165) is 19.6 Å². The Morgan fingerprint density at radius 1 is 1.29 bits per heavy atom. The quantitative estimate of drug-likeness (QED) is 0.886. The molecule has 73 valence electrons. The summed E-state index contributed by atoms with van der Waals surface area (Å²) in [5.41, 5.74) is 1.36. The Morgan fingerprint density at radius 2 is 2.07 bits per heavy atom. The summed E-state index contributed by atoms with van der Waals surface area (Å²) in [6, 6.07) is 11.1. The van der Waals surface area contributed by atoms with Crippen molar-refractivity contribution in [2.45, 2.75) is 19.0 Å². The van der Waals surface area contributed by atoms with Gasteiger partial charge in [-0.15, -0.1) is 13.1 Å². The molecule has 0 amide bonds. The minimum absolute atomic E-state index is 0. The van der Waals surface area contributed by atoms with Crippen molar-refractivity contribution in [2.24, 2.45) is 0 Å². The molecule has 0 spiro atoms. The van der Waals surface area contributed by atoms with E-state index in [2.05, 4.69) is 41.0 Å². The van der Waals surface area contributed by atoms with Crippen LogP contribution in [0.1, 0.15) is 12.0 Å². The molecule has 1 aromatic carbocycles. The second kappa shape index (κ2) is 6.68. The van der Waals surface area contributed by atoms with Gasteiger partial charge in [-0.05, 0) is 11.6 Å². The Morgan fingerprint density at radius 3 is 2.71 bits per heavy atom. The van der Waals surface area contributed by atoms with Gasteiger partial charge in [0.2, 0.25) is 0 Å². The van der Waals surface area contributed by atoms with Crippen molar-refractivity contribution < 1.29 is 32.7 Å². The molecule has 0 bridgehead atoms. The summed E-state index contributed by atoms with van der Waals surface area (Å²) in [5.74, 6) is 0. The van der Waals surface area contributed by atoms with Crippen molar-refractivity contribution in [3.8, 4) is 0 Å². The minimum Gasteiger partial charge on any atom is -0.661 e. The van der Waals surface area contributed by atoms with Crippen molar-refractivity contribution in [2.75, 3.05) is 13.1 Å². The third-order valence-electron chi connectivity index (χ3n) is 2.42. The standard InChI is InChI=1S/C11H15N2.Y/c1-2-4-10(5-3-1)8-13-11-6-7-12-9-11;/h1-5,11,13H,6-9H2;/q-1;/t11-;/m0./s1. The van der Waals surface area contributed by atoms with Crippen molar-refractivity contribution in [3.05, 3.63) is 41.2 Å². The number of rotatable bonds is 3. The van der Waals surface area contributed by atoms with Crippen LogP contribution in [0.3, 0.4) is 0 Å². The molecular formula is C11H15N2Y-. The second-order valence-electron chi connectivity index (χ2n) is 3.48. The van der Waals surface area contributed by atoms with E-state index in [9.17, 15) is 0 Å². The largest absolute Gasteiger partial charge is 0.661 e. The molecule has 3 heteroatoms. The van der Waals surface area contributed by atoms with Gasteiger partial charge in [0.1, 0.15) is 0 Å². The predicted octanol–water partition coefficient (Wildman–Crippen LogP) is 1.92. The van der Waals surface area contributed by atoms with Crippen LogP contribution in [-0.4, -0.2) is 19.1 Å². The summed E-state index contributed by atoms with van der Waals surface area (Å²) in [4.78, 5) is 0. The van der Waals surface area contributed by atoms with E-state index in [0.29, 0.717) is 6.04 Å². The van der Waals surface area contributed by atoms with Gasteiger partial charge in [0.05, 0.1) is 0 Å². The maximum atomic E-state index is 4.31. The zero-order chi connectivity index (χ0) is 8.93. The fourth-order valence-electron chi connectivity index (χ4n) is 1.61. The van der Waals surface area contributed by atoms with E-state index in [4.69, 9.17) is 0 Å². The topological polar surface area (TPSA) is 26.1 Å². The molecule has 1 atom stereocenters. The van der Waals surface area contributed by atoms with Gasteiger partial charge in [-0.2, -0.15) is 0 Å². The van der Waals surface area contributed by atoms with Crippen molar-refractivity contribution >= 4 is 0 Å². The van der Waals surface area contributed by atoms with Gasteiger partial charge >= 0.3 is 0 Å². The van der Waals surface area contributed by atoms with Gasteiger partial charge in [-0.25, -0.2) is 0 Å². The van der Waals surface area contributed by atoms with Crippen molar-refractivity contribution in [3.63, 3.8) is 0 Å². The Labute approximate surface area is 111 Å². The number of hydrogen-bond donors (Lipinski definition) is 1. The summed E-state index contributed by atoms with van der Waals surface area (Å²) < 4.78 is 0. The molecule has 1 saturated heterocycles. The van der Waals surface area contributed by atoms with Crippen LogP contribution in [0, 0.1) is 0 Å². The number of hydrogen-bond acceptors (Lipinski definition) is 1. The molecule has 1 aliphatic heterocycles. The summed E-state index contributed by atoms with van der Waals surface area (Å²) in [7, 11) is 0. The maximum absolute atomic E-state index is 4.31. The van der Waals surface area contributed by atoms with Crippen LogP contribution < -0.4 is 5.32 Å². The van der Waals surface area contributed by atoms with Gasteiger partial charge in [-0.1, -0.05) is 36.8 Å². The molecule has 1 aromatic rings. The van der Waals surface area contributed by atoms with E-state index in [1.807, 2.05) is 0 Å². The van der Waals surface area contributed by atoms with Gasteiger partial charge in [0, 0.05) is 39.3 Å². The fourth-order valence-corrected chi connectivity index (χ4v) is 1.61. The average molecular weight is 264 g/mol. The Kier molecular flexibility index (Phi) is 5.87. The normalized spacial score (nSPS) is 20.4. The monoisotopic (exact) mass is 264 g/mol. The van der Waals surface area contributed by atoms with E-state index in [-0.39, 0.29) is 32.7 Å². The number of nitrogens with zero attached hydrogens (tertiary/aromatic N) is 1. The molecule has 1 heterocycles. The molecule has 1 N–H and O–H groups in total. The van der Waals surface area contributed by atoms with Crippen molar-refractivity contribution in [1.29, 1.82) is 0 Å². The molecule has 14 heavy (non-hydrogen) atoms.